The van der Waals surface area contributed by atoms with E-state index in [0.717, 1.165) is 88.1 Å². The van der Waals surface area contributed by atoms with Gasteiger partial charge in [0.05, 0.1) is 0 Å². The number of pyridine rings is 2. The predicted molar refractivity (Wildman–Crippen MR) is 127 cm³/mol. The van der Waals surface area contributed by atoms with Gasteiger partial charge in [-0.25, -0.2) is 9.97 Å². The molecule has 0 aliphatic carbocycles. The second-order valence-corrected chi connectivity index (χ2v) is 8.94. The molecule has 172 valence electrons. The van der Waals surface area contributed by atoms with E-state index in [0.29, 0.717) is 0 Å². The first-order valence-electron chi connectivity index (χ1n) is 11.9. The van der Waals surface area contributed by atoms with Gasteiger partial charge in [0, 0.05) is 62.8 Å². The Morgan fingerprint density at radius 1 is 0.719 bits per heavy atom. The lowest BCUT2D eigenvalue weighted by atomic mass is 10.1. The van der Waals surface area contributed by atoms with E-state index in [1.54, 1.807) is 0 Å². The van der Waals surface area contributed by atoms with Crippen LogP contribution in [0.4, 0.5) is 0 Å². The Morgan fingerprint density at radius 3 is 1.50 bits per heavy atom. The standard InChI is InChI=1S/C26H36N4O2/c1-21-7-5-9-25(27-21)31-23-11-17-29(18-12-23)15-3-4-16-30-19-13-24(14-20-30)32-26-10-6-8-22(2)28-26/h3-10,23-24H,11-20H2,1-2H3/b4-3+. The molecule has 2 fully saturated rings. The maximum atomic E-state index is 6.06. The molecule has 0 radical (unpaired) electrons. The van der Waals surface area contributed by atoms with Crippen LogP contribution in [-0.2, 0) is 0 Å². The van der Waals surface area contributed by atoms with Gasteiger partial charge in [-0.05, 0) is 51.7 Å². The predicted octanol–water partition coefficient (Wildman–Crippen LogP) is 4.04. The molecule has 0 spiro atoms. The van der Waals surface area contributed by atoms with Gasteiger partial charge in [0.25, 0.3) is 0 Å². The molecule has 0 bridgehead atoms. The van der Waals surface area contributed by atoms with Crippen LogP contribution in [0.2, 0.25) is 0 Å². The molecule has 2 aliphatic heterocycles. The fraction of sp³-hybridized carbons (Fsp3) is 0.538. The molecule has 0 saturated carbocycles. The molecule has 0 amide bonds. The van der Waals surface area contributed by atoms with Crippen LogP contribution in [0.3, 0.4) is 0 Å². The van der Waals surface area contributed by atoms with Crippen molar-refractivity contribution in [1.82, 2.24) is 19.8 Å². The number of piperidine rings is 2. The summed E-state index contributed by atoms with van der Waals surface area (Å²) in [5.41, 5.74) is 2.01. The van der Waals surface area contributed by atoms with Gasteiger partial charge >= 0.3 is 0 Å². The van der Waals surface area contributed by atoms with Crippen molar-refractivity contribution in [2.45, 2.75) is 51.7 Å². The third-order valence-electron chi connectivity index (χ3n) is 6.26. The van der Waals surface area contributed by atoms with Crippen LogP contribution in [0.15, 0.2) is 48.6 Å². The summed E-state index contributed by atoms with van der Waals surface area (Å²) >= 11 is 0. The third-order valence-corrected chi connectivity index (χ3v) is 6.26. The summed E-state index contributed by atoms with van der Waals surface area (Å²) in [5.74, 6) is 1.51. The van der Waals surface area contributed by atoms with E-state index in [1.165, 1.54) is 0 Å². The molecule has 2 aromatic heterocycles. The number of hydrogen-bond acceptors (Lipinski definition) is 6. The zero-order valence-corrected chi connectivity index (χ0v) is 19.4. The maximum Gasteiger partial charge on any atom is 0.213 e. The average molecular weight is 437 g/mol. The number of nitrogens with zero attached hydrogens (tertiary/aromatic N) is 4. The smallest absolute Gasteiger partial charge is 0.213 e. The normalized spacial score (nSPS) is 19.4. The summed E-state index contributed by atoms with van der Waals surface area (Å²) < 4.78 is 12.1. The minimum absolute atomic E-state index is 0.281. The zero-order valence-electron chi connectivity index (χ0n) is 19.4. The van der Waals surface area contributed by atoms with Crippen molar-refractivity contribution in [2.75, 3.05) is 39.3 Å². The summed E-state index contributed by atoms with van der Waals surface area (Å²) in [6.07, 6.45) is 9.45. The van der Waals surface area contributed by atoms with Crippen LogP contribution >= 0.6 is 0 Å². The van der Waals surface area contributed by atoms with Gasteiger partial charge < -0.3 is 9.47 Å². The van der Waals surface area contributed by atoms with E-state index in [9.17, 15) is 0 Å². The van der Waals surface area contributed by atoms with E-state index in [2.05, 4.69) is 31.9 Å². The highest BCUT2D eigenvalue weighted by molar-refractivity contribution is 5.16. The fourth-order valence-corrected chi connectivity index (χ4v) is 4.38. The van der Waals surface area contributed by atoms with E-state index in [4.69, 9.17) is 9.47 Å². The van der Waals surface area contributed by atoms with Crippen LogP contribution in [0.1, 0.15) is 37.1 Å². The molecule has 0 N–H and O–H groups in total. The quantitative estimate of drug-likeness (QED) is 0.582. The Kier molecular flexibility index (Phi) is 8.13. The monoisotopic (exact) mass is 436 g/mol. The Hall–Kier alpha value is -2.44. The van der Waals surface area contributed by atoms with E-state index >= 15 is 0 Å². The van der Waals surface area contributed by atoms with Crippen LogP contribution < -0.4 is 9.47 Å². The molecule has 6 heteroatoms. The molecule has 6 nitrogen and oxygen atoms in total. The van der Waals surface area contributed by atoms with Crippen LogP contribution in [-0.4, -0.2) is 71.2 Å². The number of likely N-dealkylation sites (tertiary alicyclic amines) is 2. The molecule has 4 rings (SSSR count). The Balaban J connectivity index is 1.09. The van der Waals surface area contributed by atoms with Crippen molar-refractivity contribution in [3.05, 3.63) is 59.9 Å². The zero-order chi connectivity index (χ0) is 22.2. The highest BCUT2D eigenvalue weighted by Crippen LogP contribution is 2.19. The first-order chi connectivity index (χ1) is 15.6. The second-order valence-electron chi connectivity index (χ2n) is 8.94. The van der Waals surface area contributed by atoms with Crippen LogP contribution in [0.5, 0.6) is 11.8 Å². The maximum absolute atomic E-state index is 6.06. The van der Waals surface area contributed by atoms with Crippen molar-refractivity contribution in [2.24, 2.45) is 0 Å². The van der Waals surface area contributed by atoms with Gasteiger partial charge in [0.2, 0.25) is 11.8 Å². The molecule has 2 aliphatic rings. The fourth-order valence-electron chi connectivity index (χ4n) is 4.38. The van der Waals surface area contributed by atoms with Crippen molar-refractivity contribution in [3.63, 3.8) is 0 Å². The lowest BCUT2D eigenvalue weighted by molar-refractivity contribution is 0.101. The van der Waals surface area contributed by atoms with Gasteiger partial charge in [-0.3, -0.25) is 9.80 Å². The Bertz CT molecular complexity index is 800. The van der Waals surface area contributed by atoms with E-state index < -0.39 is 0 Å². The van der Waals surface area contributed by atoms with Crippen molar-refractivity contribution >= 4 is 0 Å². The van der Waals surface area contributed by atoms with E-state index in [1.807, 2.05) is 50.2 Å². The lowest BCUT2D eigenvalue weighted by Gasteiger charge is -2.32. The number of aromatic nitrogens is 2. The topological polar surface area (TPSA) is 50.7 Å². The number of rotatable bonds is 8. The first kappa shape index (κ1) is 22.7. The molecule has 4 heterocycles. The molecule has 0 unspecified atom stereocenters. The average Bonchev–Trinajstić information content (AvgIpc) is 2.79. The first-order valence-corrected chi connectivity index (χ1v) is 11.9. The van der Waals surface area contributed by atoms with Gasteiger partial charge in [-0.2, -0.15) is 0 Å². The molecule has 2 aromatic rings. The van der Waals surface area contributed by atoms with Gasteiger partial charge in [0.15, 0.2) is 0 Å². The van der Waals surface area contributed by atoms with Crippen molar-refractivity contribution in [1.29, 1.82) is 0 Å². The molecule has 32 heavy (non-hydrogen) atoms. The third kappa shape index (κ3) is 7.04. The van der Waals surface area contributed by atoms with Gasteiger partial charge in [0.1, 0.15) is 12.2 Å². The largest absolute Gasteiger partial charge is 0.474 e. The highest BCUT2D eigenvalue weighted by Gasteiger charge is 2.21. The number of hydrogen-bond donors (Lipinski definition) is 0. The SMILES string of the molecule is Cc1cccc(OC2CCN(C/C=C/CN3CCC(Oc4cccc(C)n4)CC3)CC2)n1. The minimum atomic E-state index is 0.281. The Labute approximate surface area is 192 Å². The Morgan fingerprint density at radius 2 is 1.12 bits per heavy atom. The molecular weight excluding hydrogens is 400 g/mol. The summed E-state index contributed by atoms with van der Waals surface area (Å²) in [5, 5.41) is 0. The van der Waals surface area contributed by atoms with Gasteiger partial charge in [-0.1, -0.05) is 24.3 Å². The molecule has 0 atom stereocenters. The number of ether oxygens (including phenoxy) is 2. The highest BCUT2D eigenvalue weighted by atomic mass is 16.5. The molecule has 2 saturated heterocycles. The van der Waals surface area contributed by atoms with Gasteiger partial charge in [-0.15, -0.1) is 0 Å². The lowest BCUT2D eigenvalue weighted by Crippen LogP contribution is -2.39. The summed E-state index contributed by atoms with van der Waals surface area (Å²) in [7, 11) is 0. The van der Waals surface area contributed by atoms with Crippen LogP contribution in [0, 0.1) is 13.8 Å². The second kappa shape index (κ2) is 11.4. The van der Waals surface area contributed by atoms with Crippen molar-refractivity contribution < 1.29 is 9.47 Å². The minimum Gasteiger partial charge on any atom is -0.474 e. The number of aryl methyl sites for hydroxylation is 2. The summed E-state index contributed by atoms with van der Waals surface area (Å²) in [4.78, 5) is 13.9. The molecule has 0 aromatic carbocycles. The summed E-state index contributed by atoms with van der Waals surface area (Å²) in [6.45, 7) is 10.4. The van der Waals surface area contributed by atoms with Crippen molar-refractivity contribution in [3.8, 4) is 11.8 Å². The van der Waals surface area contributed by atoms with E-state index in [-0.39, 0.29) is 12.2 Å². The summed E-state index contributed by atoms with van der Waals surface area (Å²) in [6, 6.07) is 11.9. The molecular formula is C26H36N4O2. The van der Waals surface area contributed by atoms with Crippen LogP contribution in [0.25, 0.3) is 0 Å².